The maximum absolute atomic E-state index is 11.2. The highest BCUT2D eigenvalue weighted by Crippen LogP contribution is 2.29. The lowest BCUT2D eigenvalue weighted by atomic mass is 10.1. The standard InChI is InChI=1S/C18H15BrN2O3/c1-23-16-7-4-13(8-14(10-20)18(21)22)9-17(16)24-11-12-2-5-15(19)6-3-12/h2-9H,11H2,1H3,(H2,21,22). The van der Waals surface area contributed by atoms with Gasteiger partial charge < -0.3 is 15.2 Å². The highest BCUT2D eigenvalue weighted by atomic mass is 79.9. The van der Waals surface area contributed by atoms with Crippen molar-refractivity contribution in [3.8, 4) is 17.6 Å². The van der Waals surface area contributed by atoms with Crippen LogP contribution in [0.25, 0.3) is 6.08 Å². The Balaban J connectivity index is 2.24. The van der Waals surface area contributed by atoms with Gasteiger partial charge in [0.2, 0.25) is 0 Å². The summed E-state index contributed by atoms with van der Waals surface area (Å²) in [5, 5.41) is 8.92. The van der Waals surface area contributed by atoms with Crippen molar-refractivity contribution in [2.24, 2.45) is 5.73 Å². The molecule has 6 heteroatoms. The molecule has 0 saturated carbocycles. The zero-order chi connectivity index (χ0) is 17.5. The number of rotatable bonds is 6. The number of primary amides is 1. The van der Waals surface area contributed by atoms with Gasteiger partial charge in [-0.1, -0.05) is 34.1 Å². The van der Waals surface area contributed by atoms with Crippen molar-refractivity contribution in [2.45, 2.75) is 6.61 Å². The second-order valence-corrected chi connectivity index (χ2v) is 5.78. The minimum absolute atomic E-state index is 0.126. The number of nitrogens with two attached hydrogens (primary N) is 1. The quantitative estimate of drug-likeness (QED) is 0.608. The van der Waals surface area contributed by atoms with Gasteiger partial charge in [0, 0.05) is 4.47 Å². The van der Waals surface area contributed by atoms with Crippen molar-refractivity contribution < 1.29 is 14.3 Å². The second-order valence-electron chi connectivity index (χ2n) is 4.86. The predicted octanol–water partition coefficient (Wildman–Crippen LogP) is 3.43. The van der Waals surface area contributed by atoms with Crippen molar-refractivity contribution in [2.75, 3.05) is 7.11 Å². The van der Waals surface area contributed by atoms with Gasteiger partial charge in [-0.15, -0.1) is 0 Å². The van der Waals surface area contributed by atoms with Crippen molar-refractivity contribution >= 4 is 27.9 Å². The summed E-state index contributed by atoms with van der Waals surface area (Å²) in [6.45, 7) is 0.359. The molecular weight excluding hydrogens is 372 g/mol. The van der Waals surface area contributed by atoms with Crippen LogP contribution in [0.1, 0.15) is 11.1 Å². The fraction of sp³-hybridized carbons (Fsp3) is 0.111. The van der Waals surface area contributed by atoms with Crippen molar-refractivity contribution in [3.05, 3.63) is 63.6 Å². The molecule has 2 N–H and O–H groups in total. The Bertz CT molecular complexity index is 808. The molecule has 0 radical (unpaired) electrons. The van der Waals surface area contributed by atoms with Crippen molar-refractivity contribution in [1.82, 2.24) is 0 Å². The van der Waals surface area contributed by atoms with Crippen molar-refractivity contribution in [3.63, 3.8) is 0 Å². The molecule has 0 fully saturated rings. The van der Waals surface area contributed by atoms with E-state index in [-0.39, 0.29) is 5.57 Å². The monoisotopic (exact) mass is 386 g/mol. The number of halogens is 1. The Hall–Kier alpha value is -2.78. The Morgan fingerprint density at radius 2 is 1.96 bits per heavy atom. The summed E-state index contributed by atoms with van der Waals surface area (Å²) in [5.41, 5.74) is 6.64. The topological polar surface area (TPSA) is 85.3 Å². The van der Waals surface area contributed by atoms with Crippen LogP contribution in [0.15, 0.2) is 52.5 Å². The summed E-state index contributed by atoms with van der Waals surface area (Å²) < 4.78 is 12.1. The number of carbonyl (C=O) groups excluding carboxylic acids is 1. The fourth-order valence-electron chi connectivity index (χ4n) is 1.96. The molecule has 122 valence electrons. The van der Waals surface area contributed by atoms with E-state index in [4.69, 9.17) is 20.5 Å². The number of benzene rings is 2. The van der Waals surface area contributed by atoms with Gasteiger partial charge in [0.05, 0.1) is 7.11 Å². The Morgan fingerprint density at radius 3 is 2.54 bits per heavy atom. The van der Waals surface area contributed by atoms with Gasteiger partial charge in [-0.2, -0.15) is 5.26 Å². The van der Waals surface area contributed by atoms with Gasteiger partial charge in [0.15, 0.2) is 11.5 Å². The van der Waals surface area contributed by atoms with E-state index in [1.807, 2.05) is 24.3 Å². The van der Waals surface area contributed by atoms with Crippen LogP contribution < -0.4 is 15.2 Å². The van der Waals surface area contributed by atoms with E-state index in [1.165, 1.54) is 6.08 Å². The number of ether oxygens (including phenoxy) is 2. The maximum Gasteiger partial charge on any atom is 0.259 e. The van der Waals surface area contributed by atoms with Gasteiger partial charge in [0.25, 0.3) is 5.91 Å². The van der Waals surface area contributed by atoms with Gasteiger partial charge in [-0.25, -0.2) is 0 Å². The van der Waals surface area contributed by atoms with Crippen LogP contribution in [0.5, 0.6) is 11.5 Å². The number of nitriles is 1. The molecule has 0 unspecified atom stereocenters. The third-order valence-electron chi connectivity index (χ3n) is 3.19. The van der Waals surface area contributed by atoms with E-state index in [0.29, 0.717) is 23.7 Å². The molecule has 5 nitrogen and oxygen atoms in total. The third kappa shape index (κ3) is 4.61. The summed E-state index contributed by atoms with van der Waals surface area (Å²) in [5.74, 6) is 0.295. The molecule has 24 heavy (non-hydrogen) atoms. The molecular formula is C18H15BrN2O3. The first-order chi connectivity index (χ1) is 11.5. The van der Waals surface area contributed by atoms with Crippen molar-refractivity contribution in [1.29, 1.82) is 5.26 Å². The van der Waals surface area contributed by atoms with Crippen LogP contribution in [-0.2, 0) is 11.4 Å². The van der Waals surface area contributed by atoms with Crippen LogP contribution in [0.3, 0.4) is 0 Å². The lowest BCUT2D eigenvalue weighted by Gasteiger charge is -2.11. The molecule has 0 aromatic heterocycles. The molecule has 0 heterocycles. The number of carbonyl (C=O) groups is 1. The molecule has 0 spiro atoms. The SMILES string of the molecule is COc1ccc(C=C(C#N)C(N)=O)cc1OCc1ccc(Br)cc1. The molecule has 2 aromatic rings. The Morgan fingerprint density at radius 1 is 1.25 bits per heavy atom. The fourth-order valence-corrected chi connectivity index (χ4v) is 2.23. The van der Waals surface area contributed by atoms with Crippen LogP contribution >= 0.6 is 15.9 Å². The van der Waals surface area contributed by atoms with E-state index < -0.39 is 5.91 Å². The number of nitrogens with zero attached hydrogens (tertiary/aromatic N) is 1. The average Bonchev–Trinajstić information content (AvgIpc) is 2.59. The van der Waals surface area contributed by atoms with E-state index in [9.17, 15) is 4.79 Å². The molecule has 0 aliphatic heterocycles. The summed E-state index contributed by atoms with van der Waals surface area (Å²) in [6.07, 6.45) is 1.41. The predicted molar refractivity (Wildman–Crippen MR) is 94.3 cm³/mol. The summed E-state index contributed by atoms with van der Waals surface area (Å²) in [6, 6.07) is 14.6. The van der Waals surface area contributed by atoms with Gasteiger partial charge in [-0.3, -0.25) is 4.79 Å². The lowest BCUT2D eigenvalue weighted by molar-refractivity contribution is -0.114. The molecule has 1 amide bonds. The molecule has 2 aromatic carbocycles. The zero-order valence-corrected chi connectivity index (χ0v) is 14.5. The molecule has 0 bridgehead atoms. The van der Waals surface area contributed by atoms with Crippen LogP contribution in [0.2, 0.25) is 0 Å². The first kappa shape index (κ1) is 17.6. The van der Waals surface area contributed by atoms with E-state index in [2.05, 4.69) is 15.9 Å². The number of hydrogen-bond acceptors (Lipinski definition) is 4. The van der Waals surface area contributed by atoms with E-state index in [0.717, 1.165) is 10.0 Å². The van der Waals surface area contributed by atoms with Crippen LogP contribution in [0.4, 0.5) is 0 Å². The zero-order valence-electron chi connectivity index (χ0n) is 13.0. The third-order valence-corrected chi connectivity index (χ3v) is 3.72. The first-order valence-electron chi connectivity index (χ1n) is 7.00. The summed E-state index contributed by atoms with van der Waals surface area (Å²) >= 11 is 3.38. The number of amides is 1. The van der Waals surface area contributed by atoms with Crippen LogP contribution in [0, 0.1) is 11.3 Å². The Kier molecular flexibility index (Phi) is 5.99. The largest absolute Gasteiger partial charge is 0.493 e. The van der Waals surface area contributed by atoms with Crippen LogP contribution in [-0.4, -0.2) is 13.0 Å². The maximum atomic E-state index is 11.2. The minimum atomic E-state index is -0.773. The smallest absolute Gasteiger partial charge is 0.259 e. The van der Waals surface area contributed by atoms with Gasteiger partial charge in [-0.05, 0) is 41.5 Å². The average molecular weight is 387 g/mol. The van der Waals surface area contributed by atoms with Gasteiger partial charge in [0.1, 0.15) is 18.2 Å². The van der Waals surface area contributed by atoms with Gasteiger partial charge >= 0.3 is 0 Å². The molecule has 0 aliphatic carbocycles. The van der Waals surface area contributed by atoms with E-state index in [1.54, 1.807) is 31.4 Å². The highest BCUT2D eigenvalue weighted by Gasteiger charge is 2.08. The highest BCUT2D eigenvalue weighted by molar-refractivity contribution is 9.10. The molecule has 0 aliphatic rings. The summed E-state index contributed by atoms with van der Waals surface area (Å²) in [4.78, 5) is 11.2. The number of methoxy groups -OCH3 is 1. The second kappa shape index (κ2) is 8.18. The molecule has 0 atom stereocenters. The first-order valence-corrected chi connectivity index (χ1v) is 7.79. The van der Waals surface area contributed by atoms with E-state index >= 15 is 0 Å². The lowest BCUT2D eigenvalue weighted by Crippen LogP contribution is -2.12. The number of hydrogen-bond donors (Lipinski definition) is 1. The Labute approximate surface area is 148 Å². The normalized spacial score (nSPS) is 10.8. The minimum Gasteiger partial charge on any atom is -0.493 e. The molecule has 2 rings (SSSR count). The molecule has 0 saturated heterocycles. The summed E-state index contributed by atoms with van der Waals surface area (Å²) in [7, 11) is 1.54.